The SMILES string of the molecule is CC(C#N)C1C=CC=CN1Cc1c(Cl)cccc1Cl. The standard InChI is InChI=1S/C15H14Cl2N2/c1-11(9-18)15-7-2-3-8-19(15)10-12-13(16)5-4-6-14(12)17/h2-8,11,15H,10H2,1H3. The molecule has 19 heavy (non-hydrogen) atoms. The average Bonchev–Trinajstić information content (AvgIpc) is 2.42. The Morgan fingerprint density at radius 1 is 1.32 bits per heavy atom. The summed E-state index contributed by atoms with van der Waals surface area (Å²) in [7, 11) is 0. The number of nitriles is 1. The second-order valence-electron chi connectivity index (χ2n) is 4.51. The molecule has 98 valence electrons. The van der Waals surface area contributed by atoms with E-state index in [0.717, 1.165) is 5.56 Å². The highest BCUT2D eigenvalue weighted by atomic mass is 35.5. The molecule has 4 heteroatoms. The van der Waals surface area contributed by atoms with Crippen molar-refractivity contribution in [2.24, 2.45) is 5.92 Å². The molecule has 0 aromatic heterocycles. The highest BCUT2D eigenvalue weighted by molar-refractivity contribution is 6.35. The van der Waals surface area contributed by atoms with E-state index in [2.05, 4.69) is 11.0 Å². The molecule has 0 radical (unpaired) electrons. The van der Waals surface area contributed by atoms with Gasteiger partial charge in [-0.2, -0.15) is 5.26 Å². The summed E-state index contributed by atoms with van der Waals surface area (Å²) >= 11 is 12.4. The van der Waals surface area contributed by atoms with Gasteiger partial charge in [-0.3, -0.25) is 0 Å². The quantitative estimate of drug-likeness (QED) is 0.825. The lowest BCUT2D eigenvalue weighted by Gasteiger charge is -2.32. The summed E-state index contributed by atoms with van der Waals surface area (Å²) in [6, 6.07) is 7.82. The third-order valence-electron chi connectivity index (χ3n) is 3.20. The molecule has 0 amide bonds. The molecule has 0 bridgehead atoms. The average molecular weight is 293 g/mol. The lowest BCUT2D eigenvalue weighted by atomic mass is 9.99. The normalized spacial score (nSPS) is 19.3. The highest BCUT2D eigenvalue weighted by Gasteiger charge is 2.22. The summed E-state index contributed by atoms with van der Waals surface area (Å²) < 4.78 is 0. The molecule has 0 aliphatic carbocycles. The molecule has 0 fully saturated rings. The molecule has 0 saturated carbocycles. The van der Waals surface area contributed by atoms with Crippen molar-refractivity contribution in [2.45, 2.75) is 19.5 Å². The monoisotopic (exact) mass is 292 g/mol. The fourth-order valence-electron chi connectivity index (χ4n) is 2.10. The summed E-state index contributed by atoms with van der Waals surface area (Å²) in [6.07, 6.45) is 7.91. The first kappa shape index (κ1) is 14.0. The Morgan fingerprint density at radius 2 is 2.00 bits per heavy atom. The van der Waals surface area contributed by atoms with Gasteiger partial charge in [0.2, 0.25) is 0 Å². The van der Waals surface area contributed by atoms with Gasteiger partial charge in [0.05, 0.1) is 18.0 Å². The van der Waals surface area contributed by atoms with E-state index in [9.17, 15) is 0 Å². The van der Waals surface area contributed by atoms with Crippen LogP contribution in [-0.4, -0.2) is 10.9 Å². The first-order valence-electron chi connectivity index (χ1n) is 6.06. The molecule has 1 aliphatic rings. The molecule has 1 heterocycles. The lowest BCUT2D eigenvalue weighted by molar-refractivity contribution is 0.271. The van der Waals surface area contributed by atoms with Crippen LogP contribution in [0.1, 0.15) is 12.5 Å². The Kier molecular flexibility index (Phi) is 4.52. The fourth-order valence-corrected chi connectivity index (χ4v) is 2.62. The maximum Gasteiger partial charge on any atom is 0.0678 e. The van der Waals surface area contributed by atoms with Gasteiger partial charge in [-0.05, 0) is 25.1 Å². The van der Waals surface area contributed by atoms with Crippen LogP contribution in [0.4, 0.5) is 0 Å². The summed E-state index contributed by atoms with van der Waals surface area (Å²) in [4.78, 5) is 2.08. The van der Waals surface area contributed by atoms with E-state index < -0.39 is 0 Å². The maximum absolute atomic E-state index is 9.09. The lowest BCUT2D eigenvalue weighted by Crippen LogP contribution is -2.35. The zero-order valence-electron chi connectivity index (χ0n) is 10.6. The van der Waals surface area contributed by atoms with Crippen molar-refractivity contribution in [1.82, 2.24) is 4.90 Å². The fraction of sp³-hybridized carbons (Fsp3) is 0.267. The molecule has 2 rings (SSSR count). The molecule has 2 atom stereocenters. The first-order chi connectivity index (χ1) is 9.13. The van der Waals surface area contributed by atoms with E-state index in [1.165, 1.54) is 0 Å². The van der Waals surface area contributed by atoms with Crippen molar-refractivity contribution in [3.8, 4) is 6.07 Å². The topological polar surface area (TPSA) is 27.0 Å². The van der Waals surface area contributed by atoms with Crippen molar-refractivity contribution in [3.05, 3.63) is 58.2 Å². The van der Waals surface area contributed by atoms with Gasteiger partial charge in [0.25, 0.3) is 0 Å². The molecular formula is C15H14Cl2N2. The number of benzene rings is 1. The zero-order chi connectivity index (χ0) is 13.8. The predicted molar refractivity (Wildman–Crippen MR) is 78.9 cm³/mol. The summed E-state index contributed by atoms with van der Waals surface area (Å²) in [6.45, 7) is 2.51. The van der Waals surface area contributed by atoms with Gasteiger partial charge < -0.3 is 4.90 Å². The van der Waals surface area contributed by atoms with Gasteiger partial charge in [-0.15, -0.1) is 0 Å². The van der Waals surface area contributed by atoms with Gasteiger partial charge in [-0.1, -0.05) is 41.4 Å². The Morgan fingerprint density at radius 3 is 2.63 bits per heavy atom. The van der Waals surface area contributed by atoms with Crippen LogP contribution < -0.4 is 0 Å². The number of hydrogen-bond acceptors (Lipinski definition) is 2. The van der Waals surface area contributed by atoms with Crippen LogP contribution in [-0.2, 0) is 6.54 Å². The van der Waals surface area contributed by atoms with Gasteiger partial charge in [0, 0.05) is 28.4 Å². The molecule has 2 unspecified atom stereocenters. The number of halogens is 2. The number of hydrogen-bond donors (Lipinski definition) is 0. The number of nitrogens with zero attached hydrogens (tertiary/aromatic N) is 2. The molecule has 0 spiro atoms. The van der Waals surface area contributed by atoms with Crippen molar-refractivity contribution in [2.75, 3.05) is 0 Å². The van der Waals surface area contributed by atoms with E-state index in [4.69, 9.17) is 28.5 Å². The maximum atomic E-state index is 9.09. The summed E-state index contributed by atoms with van der Waals surface area (Å²) in [5, 5.41) is 10.4. The molecule has 0 N–H and O–H groups in total. The van der Waals surface area contributed by atoms with Crippen LogP contribution in [0, 0.1) is 17.2 Å². The Hall–Kier alpha value is -1.43. The number of allylic oxidation sites excluding steroid dienone is 2. The zero-order valence-corrected chi connectivity index (χ0v) is 12.1. The minimum atomic E-state index is -0.0949. The van der Waals surface area contributed by atoms with Crippen molar-refractivity contribution in [1.29, 1.82) is 5.26 Å². The first-order valence-corrected chi connectivity index (χ1v) is 6.82. The van der Waals surface area contributed by atoms with Crippen LogP contribution >= 0.6 is 23.2 Å². The van der Waals surface area contributed by atoms with Crippen molar-refractivity contribution < 1.29 is 0 Å². The van der Waals surface area contributed by atoms with E-state index >= 15 is 0 Å². The highest BCUT2D eigenvalue weighted by Crippen LogP contribution is 2.28. The van der Waals surface area contributed by atoms with Crippen LogP contribution in [0.5, 0.6) is 0 Å². The van der Waals surface area contributed by atoms with Crippen LogP contribution in [0.15, 0.2) is 42.6 Å². The largest absolute Gasteiger partial charge is 0.365 e. The molecule has 0 saturated heterocycles. The van der Waals surface area contributed by atoms with Crippen LogP contribution in [0.25, 0.3) is 0 Å². The summed E-state index contributed by atoms with van der Waals surface area (Å²) in [5.41, 5.74) is 0.890. The van der Waals surface area contributed by atoms with Crippen molar-refractivity contribution >= 4 is 23.2 Å². The number of rotatable bonds is 3. The van der Waals surface area contributed by atoms with E-state index in [1.807, 2.05) is 49.6 Å². The van der Waals surface area contributed by atoms with Crippen molar-refractivity contribution in [3.63, 3.8) is 0 Å². The third kappa shape index (κ3) is 3.12. The predicted octanol–water partition coefficient (Wildman–Crippen LogP) is 4.41. The molecule has 2 nitrogen and oxygen atoms in total. The molecule has 1 aliphatic heterocycles. The Bertz CT molecular complexity index is 538. The molecule has 1 aromatic rings. The minimum Gasteiger partial charge on any atom is -0.365 e. The van der Waals surface area contributed by atoms with E-state index in [0.29, 0.717) is 16.6 Å². The van der Waals surface area contributed by atoms with Gasteiger partial charge >= 0.3 is 0 Å². The minimum absolute atomic E-state index is 0.0438. The van der Waals surface area contributed by atoms with Crippen LogP contribution in [0.2, 0.25) is 10.0 Å². The Labute approximate surface area is 123 Å². The van der Waals surface area contributed by atoms with Crippen LogP contribution in [0.3, 0.4) is 0 Å². The molecular weight excluding hydrogens is 279 g/mol. The van der Waals surface area contributed by atoms with E-state index in [1.54, 1.807) is 0 Å². The second kappa shape index (κ2) is 6.14. The smallest absolute Gasteiger partial charge is 0.0678 e. The van der Waals surface area contributed by atoms with E-state index in [-0.39, 0.29) is 12.0 Å². The second-order valence-corrected chi connectivity index (χ2v) is 5.32. The van der Waals surface area contributed by atoms with Gasteiger partial charge in [0.15, 0.2) is 0 Å². The van der Waals surface area contributed by atoms with Gasteiger partial charge in [0.1, 0.15) is 0 Å². The summed E-state index contributed by atoms with van der Waals surface area (Å²) in [5.74, 6) is -0.0949. The van der Waals surface area contributed by atoms with Gasteiger partial charge in [-0.25, -0.2) is 0 Å². The molecule has 1 aromatic carbocycles. The third-order valence-corrected chi connectivity index (χ3v) is 3.91. The Balaban J connectivity index is 2.24.